The number of carbonyl (C=O) groups is 1. The fourth-order valence-corrected chi connectivity index (χ4v) is 4.31. The molecule has 3 aromatic rings. The van der Waals surface area contributed by atoms with Gasteiger partial charge in [-0.1, -0.05) is 12.1 Å². The van der Waals surface area contributed by atoms with Gasteiger partial charge in [-0.15, -0.1) is 0 Å². The van der Waals surface area contributed by atoms with Crippen molar-refractivity contribution in [3.63, 3.8) is 0 Å². The predicted octanol–water partition coefficient (Wildman–Crippen LogP) is 5.15. The van der Waals surface area contributed by atoms with Crippen LogP contribution >= 0.6 is 13.5 Å². The van der Waals surface area contributed by atoms with E-state index < -0.39 is 23.6 Å². The van der Waals surface area contributed by atoms with E-state index >= 15 is 0 Å². The van der Waals surface area contributed by atoms with E-state index in [1.807, 2.05) is 49.1 Å². The third-order valence-electron chi connectivity index (χ3n) is 5.86. The van der Waals surface area contributed by atoms with Crippen molar-refractivity contribution in [2.45, 2.75) is 32.0 Å². The van der Waals surface area contributed by atoms with E-state index in [9.17, 15) is 13.6 Å². The first-order valence-corrected chi connectivity index (χ1v) is 11.2. The van der Waals surface area contributed by atoms with Crippen LogP contribution < -0.4 is 19.9 Å². The molecule has 4 heterocycles. The Hall–Kier alpha value is -3.40. The molecule has 2 amide bonds. The van der Waals surface area contributed by atoms with Gasteiger partial charge in [-0.25, -0.2) is 18.6 Å². The van der Waals surface area contributed by atoms with Gasteiger partial charge < -0.3 is 15.0 Å². The number of nitrogens with one attached hydrogen (secondary N) is 1. The van der Waals surface area contributed by atoms with E-state index in [-0.39, 0.29) is 25.7 Å². The average molecular weight is 500 g/mol. The molecule has 1 aromatic carbocycles. The molecule has 0 saturated carbocycles. The number of rotatable bonds is 3. The van der Waals surface area contributed by atoms with Crippen LogP contribution in [0.2, 0.25) is 0 Å². The SMILES string of the molecule is CC1(C)CN(C(=O)Nc2cncc(F)c2)c2nc(-c3cccc(N4CC[C@H](F)C4)c3)ccc2O1.S. The van der Waals surface area contributed by atoms with Crippen LogP contribution in [0.1, 0.15) is 20.3 Å². The molecule has 7 nitrogen and oxygen atoms in total. The number of hydrogen-bond acceptors (Lipinski definition) is 5. The number of urea groups is 1. The largest absolute Gasteiger partial charge is 0.482 e. The summed E-state index contributed by atoms with van der Waals surface area (Å²) >= 11 is 0. The Bertz CT molecular complexity index is 1240. The summed E-state index contributed by atoms with van der Waals surface area (Å²) in [5, 5.41) is 2.69. The topological polar surface area (TPSA) is 70.6 Å². The van der Waals surface area contributed by atoms with Crippen molar-refractivity contribution >= 4 is 36.7 Å². The molecule has 0 bridgehead atoms. The Morgan fingerprint density at radius 2 is 2.03 bits per heavy atom. The van der Waals surface area contributed by atoms with E-state index in [1.165, 1.54) is 17.2 Å². The highest BCUT2D eigenvalue weighted by Gasteiger charge is 2.36. The maximum absolute atomic E-state index is 13.7. The lowest BCUT2D eigenvalue weighted by atomic mass is 10.1. The lowest BCUT2D eigenvalue weighted by Gasteiger charge is -2.38. The Kier molecular flexibility index (Phi) is 6.84. The van der Waals surface area contributed by atoms with Gasteiger partial charge in [0.1, 0.15) is 17.6 Å². The molecule has 0 radical (unpaired) electrons. The second-order valence-electron chi connectivity index (χ2n) is 9.17. The number of anilines is 3. The maximum Gasteiger partial charge on any atom is 0.327 e. The average Bonchev–Trinajstić information content (AvgIpc) is 3.24. The minimum Gasteiger partial charge on any atom is -0.482 e. The van der Waals surface area contributed by atoms with Gasteiger partial charge in [-0.05, 0) is 44.5 Å². The Balaban J connectivity index is 0.00000289. The molecule has 35 heavy (non-hydrogen) atoms. The summed E-state index contributed by atoms with van der Waals surface area (Å²) in [4.78, 5) is 25.2. The molecule has 10 heteroatoms. The van der Waals surface area contributed by atoms with E-state index in [1.54, 1.807) is 6.07 Å². The summed E-state index contributed by atoms with van der Waals surface area (Å²) in [5.41, 5.74) is 2.04. The number of hydrogen-bond donors (Lipinski definition) is 1. The van der Waals surface area contributed by atoms with Crippen molar-refractivity contribution in [2.75, 3.05) is 34.8 Å². The molecule has 0 aliphatic carbocycles. The van der Waals surface area contributed by atoms with Crippen LogP contribution in [0, 0.1) is 5.82 Å². The van der Waals surface area contributed by atoms with E-state index in [4.69, 9.17) is 9.72 Å². The zero-order chi connectivity index (χ0) is 23.9. The predicted molar refractivity (Wildman–Crippen MR) is 137 cm³/mol. The van der Waals surface area contributed by atoms with Crippen LogP contribution in [0.4, 0.5) is 30.8 Å². The molecule has 1 atom stereocenters. The lowest BCUT2D eigenvalue weighted by molar-refractivity contribution is 0.106. The zero-order valence-corrected chi connectivity index (χ0v) is 20.5. The molecule has 0 spiro atoms. The highest BCUT2D eigenvalue weighted by atomic mass is 32.1. The van der Waals surface area contributed by atoms with Gasteiger partial charge in [0.2, 0.25) is 0 Å². The molecule has 0 unspecified atom stereocenters. The van der Waals surface area contributed by atoms with Gasteiger partial charge in [-0.2, -0.15) is 13.5 Å². The molecular formula is C25H27F2N5O2S. The smallest absolute Gasteiger partial charge is 0.327 e. The van der Waals surface area contributed by atoms with Gasteiger partial charge in [0.15, 0.2) is 11.6 Å². The Labute approximate surface area is 209 Å². The molecule has 2 aliphatic rings. The Morgan fingerprint density at radius 1 is 1.20 bits per heavy atom. The molecule has 2 aliphatic heterocycles. The highest BCUT2D eigenvalue weighted by molar-refractivity contribution is 7.59. The summed E-state index contributed by atoms with van der Waals surface area (Å²) in [6.45, 7) is 5.06. The molecular weight excluding hydrogens is 472 g/mol. The number of aromatic nitrogens is 2. The number of nitrogens with zero attached hydrogens (tertiary/aromatic N) is 4. The number of amides is 2. The molecule has 2 aromatic heterocycles. The van der Waals surface area contributed by atoms with Crippen molar-refractivity contribution < 1.29 is 18.3 Å². The Morgan fingerprint density at radius 3 is 2.77 bits per heavy atom. The quantitative estimate of drug-likeness (QED) is 0.540. The summed E-state index contributed by atoms with van der Waals surface area (Å²) in [6.07, 6.45) is 2.16. The van der Waals surface area contributed by atoms with Crippen LogP contribution in [0.25, 0.3) is 11.3 Å². The number of benzene rings is 1. The van der Waals surface area contributed by atoms with Crippen molar-refractivity contribution in [3.8, 4) is 17.0 Å². The number of ether oxygens (including phenoxy) is 1. The minimum atomic E-state index is -0.814. The van der Waals surface area contributed by atoms with Crippen LogP contribution in [0.3, 0.4) is 0 Å². The molecule has 5 rings (SSSR count). The third kappa shape index (κ3) is 5.32. The monoisotopic (exact) mass is 499 g/mol. The van der Waals surface area contributed by atoms with Crippen LogP contribution in [-0.4, -0.2) is 47.4 Å². The molecule has 1 N–H and O–H groups in total. The lowest BCUT2D eigenvalue weighted by Crippen LogP contribution is -2.51. The second-order valence-corrected chi connectivity index (χ2v) is 9.17. The van der Waals surface area contributed by atoms with Crippen molar-refractivity contribution in [2.24, 2.45) is 0 Å². The molecule has 184 valence electrons. The number of fused-ring (bicyclic) bond motifs is 1. The molecule has 1 saturated heterocycles. The zero-order valence-electron chi connectivity index (χ0n) is 19.5. The van der Waals surface area contributed by atoms with Crippen LogP contribution in [0.5, 0.6) is 5.75 Å². The number of pyridine rings is 2. The van der Waals surface area contributed by atoms with Gasteiger partial charge in [0.25, 0.3) is 0 Å². The summed E-state index contributed by atoms with van der Waals surface area (Å²) in [7, 11) is 0. The number of carbonyl (C=O) groups excluding carboxylic acids is 1. The van der Waals surface area contributed by atoms with Crippen molar-refractivity contribution in [1.82, 2.24) is 9.97 Å². The fourth-order valence-electron chi connectivity index (χ4n) is 4.31. The van der Waals surface area contributed by atoms with Crippen molar-refractivity contribution in [3.05, 3.63) is 60.7 Å². The normalized spacial score (nSPS) is 18.3. The number of halogens is 2. The maximum atomic E-state index is 13.7. The van der Waals surface area contributed by atoms with Gasteiger partial charge >= 0.3 is 6.03 Å². The first kappa shape index (κ1) is 24.7. The van der Waals surface area contributed by atoms with Gasteiger partial charge in [0.05, 0.1) is 30.3 Å². The van der Waals surface area contributed by atoms with Gasteiger partial charge in [0, 0.05) is 30.4 Å². The summed E-state index contributed by atoms with van der Waals surface area (Å²) < 4.78 is 33.3. The van der Waals surface area contributed by atoms with E-state index in [2.05, 4.69) is 10.3 Å². The summed E-state index contributed by atoms with van der Waals surface area (Å²) in [5.74, 6) is 0.301. The van der Waals surface area contributed by atoms with E-state index in [0.717, 1.165) is 17.4 Å². The second kappa shape index (κ2) is 9.69. The first-order valence-electron chi connectivity index (χ1n) is 11.2. The van der Waals surface area contributed by atoms with E-state index in [0.29, 0.717) is 36.8 Å². The number of alkyl halides is 1. The minimum absolute atomic E-state index is 0. The van der Waals surface area contributed by atoms with Crippen LogP contribution in [-0.2, 0) is 0 Å². The highest BCUT2D eigenvalue weighted by Crippen LogP contribution is 2.38. The first-order chi connectivity index (χ1) is 16.3. The standard InChI is InChI=1S/C25H25F2N5O2.H2S/c1-25(2)15-32(24(33)29-19-11-18(27)12-28-13-19)23-22(34-25)7-6-21(30-23)16-4-3-5-20(10-16)31-9-8-17(26)14-31;/h3-7,10-13,17H,8-9,14-15H2,1-2H3,(H,29,33);1H2/t17-;/m0./s1. The summed E-state index contributed by atoms with van der Waals surface area (Å²) in [6, 6.07) is 12.1. The van der Waals surface area contributed by atoms with Gasteiger partial charge in [-0.3, -0.25) is 9.88 Å². The molecule has 1 fully saturated rings. The fraction of sp³-hybridized carbons (Fsp3) is 0.320. The van der Waals surface area contributed by atoms with Crippen molar-refractivity contribution in [1.29, 1.82) is 0 Å². The third-order valence-corrected chi connectivity index (χ3v) is 5.86. The van der Waals surface area contributed by atoms with Crippen LogP contribution in [0.15, 0.2) is 54.9 Å².